The second kappa shape index (κ2) is 6.82. The molecule has 1 aromatic carbocycles. The van der Waals surface area contributed by atoms with E-state index < -0.39 is 12.2 Å². The molecule has 0 saturated carbocycles. The molecule has 0 aromatic heterocycles. The summed E-state index contributed by atoms with van der Waals surface area (Å²) < 4.78 is 28.8. The molecule has 3 nitrogen and oxygen atoms in total. The van der Waals surface area contributed by atoms with Gasteiger partial charge in [0.1, 0.15) is 5.75 Å². The Kier molecular flexibility index (Phi) is 5.69. The zero-order valence-corrected chi connectivity index (χ0v) is 11.5. The molecule has 0 aliphatic heterocycles. The Morgan fingerprint density at radius 1 is 1.42 bits per heavy atom. The van der Waals surface area contributed by atoms with Crippen molar-refractivity contribution in [3.05, 3.63) is 29.8 Å². The largest absolute Gasteiger partial charge is 0.435 e. The first kappa shape index (κ1) is 15.9. The van der Waals surface area contributed by atoms with Crippen molar-refractivity contribution < 1.29 is 18.6 Å². The fourth-order valence-corrected chi connectivity index (χ4v) is 1.88. The lowest BCUT2D eigenvalue weighted by Gasteiger charge is -2.32. The zero-order valence-electron chi connectivity index (χ0n) is 11.5. The van der Waals surface area contributed by atoms with Gasteiger partial charge in [-0.3, -0.25) is 0 Å². The van der Waals surface area contributed by atoms with Crippen LogP contribution in [0.5, 0.6) is 5.75 Å². The van der Waals surface area contributed by atoms with Crippen LogP contribution in [0.25, 0.3) is 0 Å². The smallest absolute Gasteiger partial charge is 0.387 e. The van der Waals surface area contributed by atoms with Crippen LogP contribution < -0.4 is 10.1 Å². The highest BCUT2D eigenvalue weighted by molar-refractivity contribution is 5.33. The number of halogens is 2. The highest BCUT2D eigenvalue weighted by atomic mass is 19.3. The van der Waals surface area contributed by atoms with Gasteiger partial charge < -0.3 is 15.2 Å². The standard InChI is InChI=1S/C14H21F2NO2/c1-4-10(2)17-14(3,9-18)11-6-5-7-12(8-11)19-13(15)16/h5-8,10,13,17-18H,4,9H2,1-3H3. The molecule has 0 spiro atoms. The van der Waals surface area contributed by atoms with E-state index in [-0.39, 0.29) is 18.4 Å². The summed E-state index contributed by atoms with van der Waals surface area (Å²) in [5.74, 6) is 0.0955. The summed E-state index contributed by atoms with van der Waals surface area (Å²) in [6.45, 7) is 2.90. The lowest BCUT2D eigenvalue weighted by Crippen LogP contribution is -2.47. The van der Waals surface area contributed by atoms with Gasteiger partial charge in [-0.05, 0) is 38.0 Å². The van der Waals surface area contributed by atoms with Crippen molar-refractivity contribution in [2.45, 2.75) is 45.4 Å². The van der Waals surface area contributed by atoms with Gasteiger partial charge in [0.05, 0.1) is 12.1 Å². The van der Waals surface area contributed by atoms with Crippen LogP contribution in [0, 0.1) is 0 Å². The molecule has 0 aliphatic carbocycles. The van der Waals surface area contributed by atoms with Crippen molar-refractivity contribution in [3.8, 4) is 5.75 Å². The summed E-state index contributed by atoms with van der Waals surface area (Å²) >= 11 is 0. The molecule has 1 aromatic rings. The summed E-state index contributed by atoms with van der Waals surface area (Å²) in [6, 6.07) is 6.62. The molecule has 108 valence electrons. The van der Waals surface area contributed by atoms with Crippen LogP contribution in [0.4, 0.5) is 8.78 Å². The third-order valence-electron chi connectivity index (χ3n) is 3.19. The summed E-state index contributed by atoms with van der Waals surface area (Å²) in [5.41, 5.74) is 0.0325. The molecule has 2 N–H and O–H groups in total. The van der Waals surface area contributed by atoms with Gasteiger partial charge in [-0.2, -0.15) is 8.78 Å². The molecule has 0 amide bonds. The van der Waals surface area contributed by atoms with Crippen LogP contribution in [0.2, 0.25) is 0 Å². The van der Waals surface area contributed by atoms with Gasteiger partial charge in [0.2, 0.25) is 0 Å². The van der Waals surface area contributed by atoms with E-state index >= 15 is 0 Å². The van der Waals surface area contributed by atoms with E-state index in [0.717, 1.165) is 6.42 Å². The second-order valence-electron chi connectivity index (χ2n) is 4.85. The summed E-state index contributed by atoms with van der Waals surface area (Å²) in [7, 11) is 0. The maximum Gasteiger partial charge on any atom is 0.387 e. The first-order valence-electron chi connectivity index (χ1n) is 6.35. The molecule has 0 fully saturated rings. The van der Waals surface area contributed by atoms with E-state index in [1.807, 2.05) is 20.8 Å². The predicted molar refractivity (Wildman–Crippen MR) is 70.4 cm³/mol. The van der Waals surface area contributed by atoms with Gasteiger partial charge in [-0.15, -0.1) is 0 Å². The highest BCUT2D eigenvalue weighted by Gasteiger charge is 2.27. The Morgan fingerprint density at radius 2 is 2.11 bits per heavy atom. The number of alkyl halides is 2. The minimum Gasteiger partial charge on any atom is -0.435 e. The molecule has 19 heavy (non-hydrogen) atoms. The molecule has 2 atom stereocenters. The van der Waals surface area contributed by atoms with E-state index in [1.165, 1.54) is 12.1 Å². The van der Waals surface area contributed by atoms with Gasteiger partial charge in [-0.1, -0.05) is 19.1 Å². The average Bonchev–Trinajstić information content (AvgIpc) is 2.38. The van der Waals surface area contributed by atoms with Crippen molar-refractivity contribution in [1.82, 2.24) is 5.32 Å². The summed E-state index contributed by atoms with van der Waals surface area (Å²) in [5, 5.41) is 12.9. The lowest BCUT2D eigenvalue weighted by molar-refractivity contribution is -0.0499. The molecule has 1 rings (SSSR count). The Labute approximate surface area is 112 Å². The number of aliphatic hydroxyl groups excluding tert-OH is 1. The van der Waals surface area contributed by atoms with Crippen molar-refractivity contribution in [1.29, 1.82) is 0 Å². The molecular formula is C14H21F2NO2. The van der Waals surface area contributed by atoms with Crippen LogP contribution in [-0.2, 0) is 5.54 Å². The number of rotatable bonds is 7. The van der Waals surface area contributed by atoms with E-state index in [1.54, 1.807) is 12.1 Å². The molecule has 0 heterocycles. The molecule has 5 heteroatoms. The maximum atomic E-state index is 12.2. The van der Waals surface area contributed by atoms with E-state index in [9.17, 15) is 13.9 Å². The third kappa shape index (κ3) is 4.44. The van der Waals surface area contributed by atoms with Crippen molar-refractivity contribution in [2.75, 3.05) is 6.61 Å². The van der Waals surface area contributed by atoms with Gasteiger partial charge in [-0.25, -0.2) is 0 Å². The predicted octanol–water partition coefficient (Wildman–Crippen LogP) is 2.88. The Morgan fingerprint density at radius 3 is 2.63 bits per heavy atom. The summed E-state index contributed by atoms with van der Waals surface area (Å²) in [4.78, 5) is 0. The normalized spacial score (nSPS) is 16.2. The zero-order chi connectivity index (χ0) is 14.5. The molecule has 2 unspecified atom stereocenters. The summed E-state index contributed by atoms with van der Waals surface area (Å²) in [6.07, 6.45) is 0.906. The molecule has 0 aliphatic rings. The van der Waals surface area contributed by atoms with E-state index in [4.69, 9.17) is 0 Å². The fraction of sp³-hybridized carbons (Fsp3) is 0.571. The Bertz CT molecular complexity index is 401. The van der Waals surface area contributed by atoms with Gasteiger partial charge in [0.25, 0.3) is 0 Å². The SMILES string of the molecule is CCC(C)NC(C)(CO)c1cccc(OC(F)F)c1. The Hall–Kier alpha value is -1.20. The number of ether oxygens (including phenoxy) is 1. The number of hydrogen-bond donors (Lipinski definition) is 2. The molecule has 0 saturated heterocycles. The van der Waals surface area contributed by atoms with Gasteiger partial charge in [0, 0.05) is 6.04 Å². The van der Waals surface area contributed by atoms with Gasteiger partial charge >= 0.3 is 6.61 Å². The maximum absolute atomic E-state index is 12.2. The van der Waals surface area contributed by atoms with E-state index in [0.29, 0.717) is 5.56 Å². The topological polar surface area (TPSA) is 41.5 Å². The van der Waals surface area contributed by atoms with Crippen molar-refractivity contribution in [3.63, 3.8) is 0 Å². The Balaban J connectivity index is 2.97. The lowest BCUT2D eigenvalue weighted by atomic mass is 9.91. The monoisotopic (exact) mass is 273 g/mol. The molecule has 0 radical (unpaired) electrons. The number of benzene rings is 1. The fourth-order valence-electron chi connectivity index (χ4n) is 1.88. The quantitative estimate of drug-likeness (QED) is 0.802. The van der Waals surface area contributed by atoms with Gasteiger partial charge in [0.15, 0.2) is 0 Å². The first-order valence-corrected chi connectivity index (χ1v) is 6.35. The second-order valence-corrected chi connectivity index (χ2v) is 4.85. The average molecular weight is 273 g/mol. The van der Waals surface area contributed by atoms with Crippen LogP contribution in [0.3, 0.4) is 0 Å². The van der Waals surface area contributed by atoms with E-state index in [2.05, 4.69) is 10.1 Å². The minimum atomic E-state index is -2.85. The first-order chi connectivity index (χ1) is 8.91. The molecular weight excluding hydrogens is 252 g/mol. The third-order valence-corrected chi connectivity index (χ3v) is 3.19. The number of hydrogen-bond acceptors (Lipinski definition) is 3. The highest BCUT2D eigenvalue weighted by Crippen LogP contribution is 2.26. The van der Waals surface area contributed by atoms with Crippen molar-refractivity contribution >= 4 is 0 Å². The molecule has 0 bridgehead atoms. The minimum absolute atomic E-state index is 0.0955. The number of nitrogens with one attached hydrogen (secondary N) is 1. The van der Waals surface area contributed by atoms with Crippen LogP contribution in [0.1, 0.15) is 32.8 Å². The van der Waals surface area contributed by atoms with Crippen LogP contribution in [-0.4, -0.2) is 24.4 Å². The number of aliphatic hydroxyl groups is 1. The van der Waals surface area contributed by atoms with Crippen LogP contribution in [0.15, 0.2) is 24.3 Å². The van der Waals surface area contributed by atoms with Crippen LogP contribution >= 0.6 is 0 Å². The van der Waals surface area contributed by atoms with Crippen molar-refractivity contribution in [2.24, 2.45) is 0 Å².